The molecule has 3 heterocycles. The van der Waals surface area contributed by atoms with E-state index in [2.05, 4.69) is 26.1 Å². The first kappa shape index (κ1) is 15.2. The summed E-state index contributed by atoms with van der Waals surface area (Å²) in [5, 5.41) is 3.64. The minimum atomic E-state index is 0.400. The summed E-state index contributed by atoms with van der Waals surface area (Å²) in [4.78, 5) is 0. The van der Waals surface area contributed by atoms with Crippen molar-refractivity contribution in [3.05, 3.63) is 0 Å². The molecule has 3 rings (SSSR count). The fourth-order valence-corrected chi connectivity index (χ4v) is 3.67. The zero-order valence-corrected chi connectivity index (χ0v) is 13.2. The van der Waals surface area contributed by atoms with Crippen LogP contribution in [-0.2, 0) is 0 Å². The predicted molar refractivity (Wildman–Crippen MR) is 80.8 cm³/mol. The fourth-order valence-electron chi connectivity index (χ4n) is 3.67. The molecule has 3 saturated heterocycles. The Morgan fingerprint density at radius 2 is 1.37 bits per heavy atom. The molecule has 4 nitrogen and oxygen atoms in total. The number of rotatable bonds is 6. The van der Waals surface area contributed by atoms with Crippen molar-refractivity contribution in [2.75, 3.05) is 72.0 Å². The van der Waals surface area contributed by atoms with Gasteiger partial charge in [0.1, 0.15) is 39.3 Å². The van der Waals surface area contributed by atoms with Crippen molar-refractivity contribution in [3.8, 4) is 0 Å². The van der Waals surface area contributed by atoms with Gasteiger partial charge in [-0.2, -0.15) is 0 Å². The van der Waals surface area contributed by atoms with Gasteiger partial charge in [-0.25, -0.2) is 0 Å². The summed E-state index contributed by atoms with van der Waals surface area (Å²) >= 11 is 0. The highest BCUT2D eigenvalue weighted by molar-refractivity contribution is 4.66. The molecule has 0 aliphatic carbocycles. The number of fused-ring (bicyclic) bond motifs is 3. The molecule has 0 aromatic heterocycles. The molecule has 3 fully saturated rings. The van der Waals surface area contributed by atoms with Crippen LogP contribution in [0.25, 0.3) is 0 Å². The molecular formula is C15H34N4+2. The molecule has 0 amide bonds. The van der Waals surface area contributed by atoms with Crippen LogP contribution in [0.4, 0.5) is 0 Å². The van der Waals surface area contributed by atoms with Gasteiger partial charge in [0.2, 0.25) is 0 Å². The summed E-state index contributed by atoms with van der Waals surface area (Å²) in [6.07, 6.45) is 0. The standard InChI is InChI=1S/C15H34N4/c1-15(2,3)14-17-5-7-19-11-8-18(6-4-16,9-12-19)10-13-19/h17H,4-14,16H2,1-3H3/q+2. The van der Waals surface area contributed by atoms with E-state index < -0.39 is 0 Å². The van der Waals surface area contributed by atoms with E-state index in [-0.39, 0.29) is 0 Å². The number of nitrogens with one attached hydrogen (secondary N) is 1. The molecule has 3 N–H and O–H groups in total. The molecule has 112 valence electrons. The number of nitrogens with two attached hydrogens (primary N) is 1. The molecule has 0 radical (unpaired) electrons. The summed E-state index contributed by atoms with van der Waals surface area (Å²) < 4.78 is 2.67. The average molecular weight is 270 g/mol. The first-order valence-electron chi connectivity index (χ1n) is 8.00. The third-order valence-electron chi connectivity index (χ3n) is 5.17. The summed E-state index contributed by atoms with van der Waals surface area (Å²) in [6.45, 7) is 20.8. The fraction of sp³-hybridized carbons (Fsp3) is 1.00. The molecule has 3 aliphatic heterocycles. The molecule has 0 saturated carbocycles. The van der Waals surface area contributed by atoms with E-state index in [4.69, 9.17) is 5.73 Å². The van der Waals surface area contributed by atoms with E-state index in [1.807, 2.05) is 0 Å². The molecule has 0 unspecified atom stereocenters. The molecule has 2 bridgehead atoms. The number of piperazine rings is 3. The first-order chi connectivity index (χ1) is 8.89. The Morgan fingerprint density at radius 3 is 1.79 bits per heavy atom. The molecule has 3 aliphatic rings. The Morgan fingerprint density at radius 1 is 0.895 bits per heavy atom. The predicted octanol–water partition coefficient (Wildman–Crippen LogP) is 0.242. The van der Waals surface area contributed by atoms with Gasteiger partial charge in [0.15, 0.2) is 0 Å². The SMILES string of the molecule is CC(C)(C)CNCC[N+]12CC[N+](CCN)(CC1)CC2. The second kappa shape index (κ2) is 5.68. The van der Waals surface area contributed by atoms with Crippen LogP contribution in [0, 0.1) is 5.41 Å². The van der Waals surface area contributed by atoms with Gasteiger partial charge in [-0.3, -0.25) is 0 Å². The van der Waals surface area contributed by atoms with Gasteiger partial charge in [-0.1, -0.05) is 20.8 Å². The largest absolute Gasteiger partial charge is 0.326 e. The maximum Gasteiger partial charge on any atom is 0.129 e. The molecule has 0 atom stereocenters. The van der Waals surface area contributed by atoms with Crippen molar-refractivity contribution in [1.82, 2.24) is 5.32 Å². The van der Waals surface area contributed by atoms with Crippen molar-refractivity contribution in [1.29, 1.82) is 0 Å². The minimum Gasteiger partial charge on any atom is -0.326 e. The third-order valence-corrected chi connectivity index (χ3v) is 5.17. The van der Waals surface area contributed by atoms with Crippen LogP contribution in [0.5, 0.6) is 0 Å². The Kier molecular flexibility index (Phi) is 4.56. The van der Waals surface area contributed by atoms with Crippen LogP contribution in [-0.4, -0.2) is 81.0 Å². The van der Waals surface area contributed by atoms with E-state index in [0.717, 1.165) is 13.1 Å². The lowest BCUT2D eigenvalue weighted by Gasteiger charge is -2.55. The summed E-state index contributed by atoms with van der Waals surface area (Å²) in [6, 6.07) is 0. The Hall–Kier alpha value is -0.160. The van der Waals surface area contributed by atoms with Gasteiger partial charge in [0.25, 0.3) is 0 Å². The van der Waals surface area contributed by atoms with Crippen molar-refractivity contribution < 1.29 is 8.97 Å². The van der Waals surface area contributed by atoms with E-state index in [1.54, 1.807) is 0 Å². The second-order valence-corrected chi connectivity index (χ2v) is 8.00. The highest BCUT2D eigenvalue weighted by Gasteiger charge is 2.48. The lowest BCUT2D eigenvalue weighted by atomic mass is 9.97. The van der Waals surface area contributed by atoms with Gasteiger partial charge in [-0.15, -0.1) is 0 Å². The highest BCUT2D eigenvalue weighted by atomic mass is 15.5. The van der Waals surface area contributed by atoms with E-state index in [9.17, 15) is 0 Å². The Labute approximate surface area is 119 Å². The lowest BCUT2D eigenvalue weighted by Crippen LogP contribution is -2.76. The van der Waals surface area contributed by atoms with Crippen LogP contribution < -0.4 is 11.1 Å². The van der Waals surface area contributed by atoms with Crippen molar-refractivity contribution in [3.63, 3.8) is 0 Å². The first-order valence-corrected chi connectivity index (χ1v) is 8.00. The Balaban J connectivity index is 1.74. The number of nitrogens with zero attached hydrogens (tertiary/aromatic N) is 2. The van der Waals surface area contributed by atoms with E-state index >= 15 is 0 Å². The quantitative estimate of drug-likeness (QED) is 0.536. The van der Waals surface area contributed by atoms with Gasteiger partial charge in [0, 0.05) is 19.6 Å². The van der Waals surface area contributed by atoms with Gasteiger partial charge in [-0.05, 0) is 5.41 Å². The smallest absolute Gasteiger partial charge is 0.129 e. The monoisotopic (exact) mass is 270 g/mol. The normalized spacial score (nSPS) is 34.7. The van der Waals surface area contributed by atoms with Crippen molar-refractivity contribution in [2.24, 2.45) is 11.1 Å². The average Bonchev–Trinajstić information content (AvgIpc) is 2.36. The van der Waals surface area contributed by atoms with Gasteiger partial charge >= 0.3 is 0 Å². The third kappa shape index (κ3) is 3.91. The van der Waals surface area contributed by atoms with Crippen LogP contribution in [0.2, 0.25) is 0 Å². The zero-order chi connectivity index (χ0) is 14.0. The van der Waals surface area contributed by atoms with Gasteiger partial charge in [0.05, 0.1) is 13.1 Å². The molecule has 19 heavy (non-hydrogen) atoms. The van der Waals surface area contributed by atoms with Crippen LogP contribution in [0.1, 0.15) is 20.8 Å². The second-order valence-electron chi connectivity index (χ2n) is 8.00. The molecule has 0 aromatic carbocycles. The molecular weight excluding hydrogens is 236 g/mol. The van der Waals surface area contributed by atoms with Crippen LogP contribution in [0.15, 0.2) is 0 Å². The zero-order valence-electron chi connectivity index (χ0n) is 13.2. The minimum absolute atomic E-state index is 0.400. The molecule has 0 spiro atoms. The maximum absolute atomic E-state index is 5.78. The van der Waals surface area contributed by atoms with E-state index in [0.29, 0.717) is 5.41 Å². The number of quaternary nitrogens is 2. The van der Waals surface area contributed by atoms with Gasteiger partial charge < -0.3 is 20.0 Å². The number of hydrogen-bond donors (Lipinski definition) is 2. The molecule has 4 heteroatoms. The van der Waals surface area contributed by atoms with Crippen LogP contribution >= 0.6 is 0 Å². The number of hydrogen-bond acceptors (Lipinski definition) is 2. The van der Waals surface area contributed by atoms with Crippen LogP contribution in [0.3, 0.4) is 0 Å². The molecule has 0 aromatic rings. The summed E-state index contributed by atoms with van der Waals surface area (Å²) in [5.74, 6) is 0. The maximum atomic E-state index is 5.78. The van der Waals surface area contributed by atoms with Crippen molar-refractivity contribution in [2.45, 2.75) is 20.8 Å². The summed E-state index contributed by atoms with van der Waals surface area (Å²) in [5.41, 5.74) is 6.18. The Bertz CT molecular complexity index is 270. The lowest BCUT2D eigenvalue weighted by molar-refractivity contribution is -1.08. The summed E-state index contributed by atoms with van der Waals surface area (Å²) in [7, 11) is 0. The topological polar surface area (TPSA) is 38.0 Å². The highest BCUT2D eigenvalue weighted by Crippen LogP contribution is 2.25. The van der Waals surface area contributed by atoms with Crippen molar-refractivity contribution >= 4 is 0 Å². The van der Waals surface area contributed by atoms with E-state index in [1.165, 1.54) is 67.9 Å².